The maximum atomic E-state index is 6.16. The molecule has 0 saturated heterocycles. The highest BCUT2D eigenvalue weighted by atomic mass is 35.5. The molecule has 2 N–H and O–H groups in total. The van der Waals surface area contributed by atoms with Gasteiger partial charge in [0, 0.05) is 23.1 Å². The van der Waals surface area contributed by atoms with Gasteiger partial charge in [0.05, 0.1) is 0 Å². The van der Waals surface area contributed by atoms with E-state index < -0.39 is 0 Å². The summed E-state index contributed by atoms with van der Waals surface area (Å²) in [5.41, 5.74) is 2.37. The Labute approximate surface area is 205 Å². The van der Waals surface area contributed by atoms with Crippen LogP contribution in [0.4, 0.5) is 0 Å². The molecule has 2 aromatic rings. The Kier molecular flexibility index (Phi) is 18.9. The molecule has 0 unspecified atom stereocenters. The zero-order valence-corrected chi connectivity index (χ0v) is 20.8. The smallest absolute Gasteiger partial charge is 0.0450 e. The minimum atomic E-state index is 0. The standard InChI is InChI=1S/C24H34Cl2N2.2ClH/c25-23-15-9-7-13-21(23)19-27-17-11-5-3-1-2-4-6-12-18-28-20-22-14-8-10-16-24(22)26;;/h7-10,13-16,27-28H,1-6,11-12,17-20H2;2*1H. The number of rotatable bonds is 15. The molecular formula is C24H36Cl4N2. The second-order valence-electron chi connectivity index (χ2n) is 7.36. The predicted molar refractivity (Wildman–Crippen MR) is 138 cm³/mol. The van der Waals surface area contributed by atoms with E-state index in [2.05, 4.69) is 22.8 Å². The van der Waals surface area contributed by atoms with Gasteiger partial charge in [-0.1, -0.05) is 98.1 Å². The van der Waals surface area contributed by atoms with Crippen LogP contribution in [0.15, 0.2) is 48.5 Å². The lowest BCUT2D eigenvalue weighted by Gasteiger charge is -2.07. The van der Waals surface area contributed by atoms with Gasteiger partial charge in [-0.3, -0.25) is 0 Å². The first-order valence-corrected chi connectivity index (χ1v) is 11.4. The summed E-state index contributed by atoms with van der Waals surface area (Å²) in [6.07, 6.45) is 10.5. The number of halogens is 4. The van der Waals surface area contributed by atoms with Gasteiger partial charge in [-0.25, -0.2) is 0 Å². The molecule has 0 atom stereocenters. The molecule has 0 spiro atoms. The van der Waals surface area contributed by atoms with E-state index in [0.29, 0.717) is 0 Å². The first-order valence-electron chi connectivity index (χ1n) is 10.7. The lowest BCUT2D eigenvalue weighted by Crippen LogP contribution is -2.15. The molecule has 170 valence electrons. The van der Waals surface area contributed by atoms with Crippen molar-refractivity contribution >= 4 is 48.0 Å². The topological polar surface area (TPSA) is 24.1 Å². The van der Waals surface area contributed by atoms with Crippen LogP contribution in [-0.4, -0.2) is 13.1 Å². The van der Waals surface area contributed by atoms with Crippen molar-refractivity contribution in [1.82, 2.24) is 10.6 Å². The maximum Gasteiger partial charge on any atom is 0.0450 e. The molecule has 2 aromatic carbocycles. The number of hydrogen-bond donors (Lipinski definition) is 2. The number of unbranched alkanes of at least 4 members (excludes halogenated alkanes) is 7. The monoisotopic (exact) mass is 492 g/mol. The summed E-state index contributed by atoms with van der Waals surface area (Å²) in [5.74, 6) is 0. The lowest BCUT2D eigenvalue weighted by molar-refractivity contribution is 0.540. The van der Waals surface area contributed by atoms with Gasteiger partial charge in [0.1, 0.15) is 0 Å². The van der Waals surface area contributed by atoms with Crippen molar-refractivity contribution in [2.45, 2.75) is 64.5 Å². The third kappa shape index (κ3) is 13.0. The highest BCUT2D eigenvalue weighted by molar-refractivity contribution is 6.31. The largest absolute Gasteiger partial charge is 0.313 e. The van der Waals surface area contributed by atoms with Crippen molar-refractivity contribution in [2.75, 3.05) is 13.1 Å². The summed E-state index contributed by atoms with van der Waals surface area (Å²) >= 11 is 12.3. The van der Waals surface area contributed by atoms with Crippen LogP contribution in [0, 0.1) is 0 Å². The molecule has 0 aromatic heterocycles. The van der Waals surface area contributed by atoms with Crippen molar-refractivity contribution < 1.29 is 0 Å². The Hall–Kier alpha value is -0.480. The Balaban J connectivity index is 0.00000420. The van der Waals surface area contributed by atoms with Crippen LogP contribution in [0.5, 0.6) is 0 Å². The zero-order chi connectivity index (χ0) is 19.9. The van der Waals surface area contributed by atoms with Gasteiger partial charge in [-0.2, -0.15) is 0 Å². The van der Waals surface area contributed by atoms with Crippen molar-refractivity contribution in [2.24, 2.45) is 0 Å². The molecule has 0 aliphatic carbocycles. The summed E-state index contributed by atoms with van der Waals surface area (Å²) < 4.78 is 0. The minimum absolute atomic E-state index is 0. The van der Waals surface area contributed by atoms with E-state index in [1.54, 1.807) is 0 Å². The number of benzene rings is 2. The van der Waals surface area contributed by atoms with Gasteiger partial charge in [0.2, 0.25) is 0 Å². The van der Waals surface area contributed by atoms with Gasteiger partial charge in [-0.15, -0.1) is 24.8 Å². The van der Waals surface area contributed by atoms with E-state index in [1.807, 2.05) is 36.4 Å². The molecular weight excluding hydrogens is 458 g/mol. The molecule has 30 heavy (non-hydrogen) atoms. The molecule has 0 bridgehead atoms. The number of nitrogens with one attached hydrogen (secondary N) is 2. The van der Waals surface area contributed by atoms with E-state index in [0.717, 1.165) is 36.2 Å². The minimum Gasteiger partial charge on any atom is -0.313 e. The van der Waals surface area contributed by atoms with E-state index in [1.165, 1.54) is 62.5 Å². The van der Waals surface area contributed by atoms with Gasteiger partial charge >= 0.3 is 0 Å². The van der Waals surface area contributed by atoms with Crippen LogP contribution < -0.4 is 10.6 Å². The Morgan fingerprint density at radius 3 is 1.20 bits per heavy atom. The van der Waals surface area contributed by atoms with Crippen molar-refractivity contribution in [3.8, 4) is 0 Å². The number of hydrogen-bond acceptors (Lipinski definition) is 2. The molecule has 0 amide bonds. The zero-order valence-electron chi connectivity index (χ0n) is 17.7. The average Bonchev–Trinajstić information content (AvgIpc) is 2.71. The van der Waals surface area contributed by atoms with E-state index >= 15 is 0 Å². The molecule has 0 aliphatic heterocycles. The lowest BCUT2D eigenvalue weighted by atomic mass is 10.1. The van der Waals surface area contributed by atoms with Crippen molar-refractivity contribution in [1.29, 1.82) is 0 Å². The maximum absolute atomic E-state index is 6.16. The van der Waals surface area contributed by atoms with Crippen LogP contribution in [0.2, 0.25) is 10.0 Å². The summed E-state index contributed by atoms with van der Waals surface area (Å²) in [5, 5.41) is 8.69. The Morgan fingerprint density at radius 1 is 0.500 bits per heavy atom. The summed E-state index contributed by atoms with van der Waals surface area (Å²) in [6.45, 7) is 3.87. The molecule has 0 saturated carbocycles. The summed E-state index contributed by atoms with van der Waals surface area (Å²) in [7, 11) is 0. The molecule has 2 nitrogen and oxygen atoms in total. The van der Waals surface area contributed by atoms with Crippen LogP contribution in [0.25, 0.3) is 0 Å². The van der Waals surface area contributed by atoms with Crippen LogP contribution in [0.1, 0.15) is 62.5 Å². The van der Waals surface area contributed by atoms with Gasteiger partial charge in [0.15, 0.2) is 0 Å². The molecule has 0 fully saturated rings. The third-order valence-corrected chi connectivity index (χ3v) is 5.74. The van der Waals surface area contributed by atoms with Crippen LogP contribution in [0.3, 0.4) is 0 Å². The molecule has 0 heterocycles. The van der Waals surface area contributed by atoms with Gasteiger partial charge in [0.25, 0.3) is 0 Å². The van der Waals surface area contributed by atoms with Crippen LogP contribution in [-0.2, 0) is 13.1 Å². The SMILES string of the molecule is Cl.Cl.Clc1ccccc1CNCCCCCCCCCCNCc1ccccc1Cl. The molecule has 6 heteroatoms. The van der Waals surface area contributed by atoms with Crippen LogP contribution >= 0.6 is 48.0 Å². The fourth-order valence-corrected chi connectivity index (χ4v) is 3.70. The van der Waals surface area contributed by atoms with E-state index in [-0.39, 0.29) is 24.8 Å². The third-order valence-electron chi connectivity index (χ3n) is 5.00. The molecule has 0 radical (unpaired) electrons. The highest BCUT2D eigenvalue weighted by Crippen LogP contribution is 2.15. The fourth-order valence-electron chi connectivity index (χ4n) is 3.29. The van der Waals surface area contributed by atoms with Gasteiger partial charge < -0.3 is 10.6 Å². The molecule has 0 aliphatic rings. The second-order valence-corrected chi connectivity index (χ2v) is 8.18. The fraction of sp³-hybridized carbons (Fsp3) is 0.500. The van der Waals surface area contributed by atoms with E-state index in [4.69, 9.17) is 23.2 Å². The Bertz CT molecular complexity index is 610. The normalized spacial score (nSPS) is 10.3. The quantitative estimate of drug-likeness (QED) is 0.247. The molecule has 2 rings (SSSR count). The summed E-state index contributed by atoms with van der Waals surface area (Å²) in [6, 6.07) is 16.1. The highest BCUT2D eigenvalue weighted by Gasteiger charge is 1.99. The van der Waals surface area contributed by atoms with Crippen molar-refractivity contribution in [3.63, 3.8) is 0 Å². The predicted octanol–water partition coefficient (Wildman–Crippen LogP) is 7.84. The first kappa shape index (κ1) is 29.5. The van der Waals surface area contributed by atoms with Crippen molar-refractivity contribution in [3.05, 3.63) is 69.7 Å². The first-order chi connectivity index (χ1) is 13.8. The average molecular weight is 494 g/mol. The summed E-state index contributed by atoms with van der Waals surface area (Å²) in [4.78, 5) is 0. The van der Waals surface area contributed by atoms with Gasteiger partial charge in [-0.05, 0) is 49.2 Å². The van der Waals surface area contributed by atoms with E-state index in [9.17, 15) is 0 Å². The Morgan fingerprint density at radius 2 is 0.833 bits per heavy atom. The second kappa shape index (κ2) is 19.2.